The number of nitrogens with zero attached hydrogens (tertiary/aromatic N) is 1. The molecular weight excluding hydrogens is 282 g/mol. The highest BCUT2D eigenvalue weighted by Gasteiger charge is 2.14. The monoisotopic (exact) mass is 297 g/mol. The highest BCUT2D eigenvalue weighted by molar-refractivity contribution is 7.92. The Morgan fingerprint density at radius 1 is 1.15 bits per heavy atom. The van der Waals surface area contributed by atoms with Crippen LogP contribution in [0, 0.1) is 10.1 Å². The molecule has 2 aromatic carbocycles. The van der Waals surface area contributed by atoms with Gasteiger partial charge < -0.3 is 5.73 Å². The average molecular weight is 297 g/mol. The molecule has 0 aliphatic heterocycles. The van der Waals surface area contributed by atoms with Gasteiger partial charge in [-0.1, -0.05) is 0 Å². The molecule has 2 rings (SSSR count). The van der Waals surface area contributed by atoms with Crippen LogP contribution in [0.1, 0.15) is 5.48 Å². The summed E-state index contributed by atoms with van der Waals surface area (Å²) in [5.41, 5.74) is 4.67. The van der Waals surface area contributed by atoms with E-state index in [0.717, 1.165) is 24.3 Å². The number of nitro groups is 1. The van der Waals surface area contributed by atoms with Gasteiger partial charge in [-0.2, -0.15) is 0 Å². The lowest BCUT2D eigenvalue weighted by atomic mass is 10.3. The van der Waals surface area contributed by atoms with Gasteiger partial charge in [0.2, 0.25) is 0 Å². The van der Waals surface area contributed by atoms with Gasteiger partial charge in [0.05, 0.1) is 15.3 Å². The van der Waals surface area contributed by atoms with Gasteiger partial charge in [-0.3, -0.25) is 14.8 Å². The molecule has 104 valence electrons. The molecule has 0 atom stereocenters. The number of hydrogen-bond acceptors (Lipinski definition) is 5. The van der Waals surface area contributed by atoms with Crippen LogP contribution in [-0.2, 0) is 10.0 Å². The smallest absolute Gasteiger partial charge is 0.269 e. The van der Waals surface area contributed by atoms with Gasteiger partial charge in [0.15, 0.2) is 0 Å². The van der Waals surface area contributed by atoms with Crippen molar-refractivity contribution >= 4 is 27.1 Å². The summed E-state index contributed by atoms with van der Waals surface area (Å²) in [6.45, 7) is 0. The van der Waals surface area contributed by atoms with Crippen molar-refractivity contribution in [1.29, 1.82) is 0 Å². The lowest BCUT2D eigenvalue weighted by Gasteiger charge is -2.08. The van der Waals surface area contributed by atoms with E-state index in [0.29, 0.717) is 0 Å². The van der Waals surface area contributed by atoms with Crippen LogP contribution in [-0.4, -0.2) is 13.3 Å². The van der Waals surface area contributed by atoms with Crippen LogP contribution >= 0.6 is 0 Å². The summed E-state index contributed by atoms with van der Waals surface area (Å²) >= 11 is 0. The van der Waals surface area contributed by atoms with Crippen molar-refractivity contribution in [2.75, 3.05) is 10.5 Å². The van der Waals surface area contributed by atoms with Crippen molar-refractivity contribution in [3.63, 3.8) is 0 Å². The van der Waals surface area contributed by atoms with Crippen LogP contribution in [0.2, 0.25) is 0 Å². The predicted octanol–water partition coefficient (Wildman–Crippen LogP) is 1.98. The Morgan fingerprint density at radius 3 is 2.20 bits per heavy atom. The molecule has 0 amide bonds. The first-order valence-corrected chi connectivity index (χ1v) is 6.67. The molecule has 0 unspecified atom stereocenters. The molecular formula is C12H11N3O4S. The van der Waals surface area contributed by atoms with Crippen LogP contribution in [0.15, 0.2) is 53.3 Å². The maximum absolute atomic E-state index is 12.4. The second-order valence-electron chi connectivity index (χ2n) is 3.65. The zero-order chi connectivity index (χ0) is 18.2. The minimum atomic E-state index is -4.46. The molecule has 2 aromatic rings. The van der Waals surface area contributed by atoms with E-state index in [1.54, 1.807) is 0 Å². The van der Waals surface area contributed by atoms with Crippen molar-refractivity contribution in [3.8, 4) is 0 Å². The number of nitrogen functional groups attached to an aromatic ring is 1. The molecule has 0 bridgehead atoms. The fourth-order valence-corrected chi connectivity index (χ4v) is 2.22. The molecule has 0 saturated heterocycles. The first kappa shape index (κ1) is 9.32. The molecule has 0 saturated carbocycles. The van der Waals surface area contributed by atoms with Gasteiger partial charge in [0.25, 0.3) is 15.7 Å². The van der Waals surface area contributed by atoms with E-state index in [1.165, 1.54) is 0 Å². The zero-order valence-corrected chi connectivity index (χ0v) is 10.7. The Morgan fingerprint density at radius 2 is 1.70 bits per heavy atom. The third-order valence-corrected chi connectivity index (χ3v) is 3.47. The van der Waals surface area contributed by atoms with Crippen molar-refractivity contribution in [1.82, 2.24) is 0 Å². The number of non-ortho nitro benzene ring substituents is 1. The summed E-state index contributed by atoms with van der Waals surface area (Å²) in [7, 11) is -4.46. The zero-order valence-electron chi connectivity index (χ0n) is 13.9. The minimum Gasteiger partial charge on any atom is -0.399 e. The number of hydrogen-bond donors (Lipinski definition) is 2. The van der Waals surface area contributed by atoms with E-state index in [9.17, 15) is 18.5 Å². The van der Waals surface area contributed by atoms with Crippen molar-refractivity contribution < 1.29 is 18.8 Å². The van der Waals surface area contributed by atoms with E-state index in [4.69, 9.17) is 11.2 Å². The first-order valence-electron chi connectivity index (χ1n) is 7.19. The number of sulfonamides is 1. The Hall–Kier alpha value is -2.61. The molecule has 0 aliphatic carbocycles. The van der Waals surface area contributed by atoms with Gasteiger partial charge in [-0.15, -0.1) is 0 Å². The van der Waals surface area contributed by atoms with Gasteiger partial charge in [0.1, 0.15) is 0 Å². The van der Waals surface area contributed by atoms with Gasteiger partial charge in [-0.05, 0) is 36.3 Å². The quantitative estimate of drug-likeness (QED) is 0.508. The number of nitrogens with two attached hydrogens (primary N) is 1. The summed E-state index contributed by atoms with van der Waals surface area (Å²) in [5.74, 6) is 0. The second kappa shape index (κ2) is 5.17. The largest absolute Gasteiger partial charge is 0.399 e. The lowest BCUT2D eigenvalue weighted by Crippen LogP contribution is -2.12. The maximum Gasteiger partial charge on any atom is 0.269 e. The average Bonchev–Trinajstić information content (AvgIpc) is 2.51. The summed E-state index contributed by atoms with van der Waals surface area (Å²) in [6.07, 6.45) is 0. The Balaban J connectivity index is 2.50. The van der Waals surface area contributed by atoms with Crippen LogP contribution in [0.25, 0.3) is 0 Å². The number of nitrogens with one attached hydrogen (secondary N) is 1. The van der Waals surface area contributed by atoms with Crippen LogP contribution in [0.5, 0.6) is 0 Å². The van der Waals surface area contributed by atoms with E-state index in [-0.39, 0.29) is 11.4 Å². The van der Waals surface area contributed by atoms with Gasteiger partial charge >= 0.3 is 0 Å². The topological polar surface area (TPSA) is 115 Å². The van der Waals surface area contributed by atoms with Crippen LogP contribution in [0.3, 0.4) is 0 Å². The predicted molar refractivity (Wildman–Crippen MR) is 74.8 cm³/mol. The minimum absolute atomic E-state index is 0.0331. The van der Waals surface area contributed by atoms with Gasteiger partial charge in [-0.25, -0.2) is 8.42 Å². The Kier molecular flexibility index (Phi) is 2.41. The van der Waals surface area contributed by atoms with Crippen LogP contribution in [0.4, 0.5) is 17.1 Å². The molecule has 20 heavy (non-hydrogen) atoms. The van der Waals surface area contributed by atoms with Gasteiger partial charge in [0, 0.05) is 23.5 Å². The number of benzene rings is 2. The molecule has 7 nitrogen and oxygen atoms in total. The molecule has 0 aliphatic rings. The highest BCUT2D eigenvalue weighted by Crippen LogP contribution is 2.19. The van der Waals surface area contributed by atoms with Crippen molar-refractivity contribution in [3.05, 3.63) is 58.5 Å². The maximum atomic E-state index is 12.4. The fraction of sp³-hybridized carbons (Fsp3) is 0. The molecule has 3 N–H and O–H groups in total. The summed E-state index contributed by atoms with van der Waals surface area (Å²) in [4.78, 5) is 9.07. The normalized spacial score (nSPS) is 13.8. The molecule has 0 spiro atoms. The fourth-order valence-electron chi connectivity index (χ4n) is 1.30. The van der Waals surface area contributed by atoms with Crippen LogP contribution < -0.4 is 10.5 Å². The van der Waals surface area contributed by atoms with E-state index in [1.807, 2.05) is 0 Å². The molecule has 8 heteroatoms. The molecule has 0 fully saturated rings. The third kappa shape index (κ3) is 3.04. The first-order chi connectivity index (χ1) is 11.1. The standard InChI is InChI=1S/C12H11N3O4S/c13-9-1-7-12(8-2-9)20(18,19)14-10-3-5-11(6-4-10)15(16)17/h1-8,14H,13H2/i1D,2D,7D,8D. The number of rotatable bonds is 4. The third-order valence-electron chi connectivity index (χ3n) is 2.22. The Bertz CT molecular complexity index is 903. The van der Waals surface area contributed by atoms with Crippen molar-refractivity contribution in [2.24, 2.45) is 0 Å². The summed E-state index contributed by atoms with van der Waals surface area (Å²) in [5, 5.41) is 10.6. The highest BCUT2D eigenvalue weighted by atomic mass is 32.2. The molecule has 0 radical (unpaired) electrons. The van der Waals surface area contributed by atoms with Crippen molar-refractivity contribution in [2.45, 2.75) is 4.90 Å². The SMILES string of the molecule is [2H]c1c([2H])c(S(=O)(=O)Nc2ccc([N+](=O)[O-])cc2)c([2H])c([2H])c1N. The molecule has 0 heterocycles. The Labute approximate surface area is 120 Å². The second-order valence-corrected chi connectivity index (χ2v) is 5.27. The van der Waals surface area contributed by atoms with E-state index in [2.05, 4.69) is 4.72 Å². The number of nitro benzene ring substituents is 1. The van der Waals surface area contributed by atoms with E-state index < -0.39 is 49.7 Å². The molecule has 0 aromatic heterocycles. The summed E-state index contributed by atoms with van der Waals surface area (Å²) in [6, 6.07) is 1.50. The lowest BCUT2D eigenvalue weighted by molar-refractivity contribution is -0.384. The summed E-state index contributed by atoms with van der Waals surface area (Å²) < 4.78 is 57.4. The number of anilines is 2. The van der Waals surface area contributed by atoms with E-state index >= 15 is 0 Å².